The quantitative estimate of drug-likeness (QED) is 0.103. The van der Waals surface area contributed by atoms with E-state index in [0.29, 0.717) is 0 Å². The summed E-state index contributed by atoms with van der Waals surface area (Å²) in [4.78, 5) is 10.2. The Morgan fingerprint density at radius 2 is 0.315 bits per heavy atom. The lowest BCUT2D eigenvalue weighted by Gasteiger charge is -2.14. The number of fused-ring (bicyclic) bond motifs is 12. The van der Waals surface area contributed by atoms with Crippen LogP contribution in [-0.2, 0) is 0 Å². The maximum Gasteiger partial charge on any atom is 0.0715 e. The smallest absolute Gasteiger partial charge is 0.0715 e. The van der Waals surface area contributed by atoms with Gasteiger partial charge in [-0.05, 0) is 230 Å². The van der Waals surface area contributed by atoms with Crippen molar-refractivity contribution in [3.8, 4) is 146 Å². The van der Waals surface area contributed by atoms with Crippen LogP contribution < -0.4 is 0 Å². The molecule has 608 valence electrons. The molecule has 25 rings (SSSR count). The highest BCUT2D eigenvalue weighted by atomic mass is 15.0. The summed E-state index contributed by atoms with van der Waals surface area (Å²) >= 11 is 0. The van der Waals surface area contributed by atoms with Crippen molar-refractivity contribution in [2.75, 3.05) is 0 Å². The number of hydrogen-bond donors (Lipinski definition) is 0. The van der Waals surface area contributed by atoms with E-state index < -0.39 is 0 Å². The number of rotatable bonds is 15. The molecule has 6 nitrogen and oxygen atoms in total. The van der Waals surface area contributed by atoms with Crippen LogP contribution in [0.2, 0.25) is 0 Å². The van der Waals surface area contributed by atoms with Gasteiger partial charge in [0.25, 0.3) is 0 Å². The molecule has 0 saturated heterocycles. The highest BCUT2D eigenvalue weighted by Gasteiger charge is 2.23. The van der Waals surface area contributed by atoms with Crippen molar-refractivity contribution in [2.45, 2.75) is 0 Å². The molecule has 0 amide bonds. The molecule has 0 atom stereocenters. The number of pyridine rings is 2. The van der Waals surface area contributed by atoms with Gasteiger partial charge in [0.2, 0.25) is 0 Å². The third-order valence-corrected chi connectivity index (χ3v) is 25.8. The Kier molecular flexibility index (Phi) is 19.2. The first-order valence-corrected chi connectivity index (χ1v) is 44.5. The summed E-state index contributed by atoms with van der Waals surface area (Å²) in [6.07, 6.45) is 0. The van der Waals surface area contributed by atoms with Gasteiger partial charge in [0.05, 0.1) is 66.9 Å². The summed E-state index contributed by atoms with van der Waals surface area (Å²) in [5.74, 6) is 0. The zero-order valence-corrected chi connectivity index (χ0v) is 71.0. The van der Waals surface area contributed by atoms with Gasteiger partial charge in [-0.3, -0.25) is 0 Å². The van der Waals surface area contributed by atoms with Crippen LogP contribution in [0.4, 0.5) is 0 Å². The van der Waals surface area contributed by atoms with Gasteiger partial charge in [-0.1, -0.05) is 346 Å². The minimum Gasteiger partial charge on any atom is -0.309 e. The zero-order valence-electron chi connectivity index (χ0n) is 71.0. The average molecular weight is 1660 g/mol. The van der Waals surface area contributed by atoms with Gasteiger partial charge >= 0.3 is 0 Å². The summed E-state index contributed by atoms with van der Waals surface area (Å²) in [6.45, 7) is 0. The van der Waals surface area contributed by atoms with Crippen LogP contribution in [-0.4, -0.2) is 28.2 Å². The number of nitrogens with zero attached hydrogens (tertiary/aromatic N) is 6. The average Bonchev–Trinajstić information content (AvgIpc) is 1.58. The van der Waals surface area contributed by atoms with Crippen molar-refractivity contribution < 1.29 is 0 Å². The molecule has 6 heteroatoms. The van der Waals surface area contributed by atoms with Crippen molar-refractivity contribution in [3.05, 3.63) is 497 Å². The number of para-hydroxylation sites is 4. The van der Waals surface area contributed by atoms with Crippen LogP contribution in [0.5, 0.6) is 0 Å². The minimum absolute atomic E-state index is 0.959. The number of aromatic nitrogens is 6. The molecular weight excluding hydrogens is 1570 g/mol. The topological polar surface area (TPSA) is 45.5 Å². The molecule has 130 heavy (non-hydrogen) atoms. The van der Waals surface area contributed by atoms with E-state index >= 15 is 0 Å². The van der Waals surface area contributed by atoms with Crippen LogP contribution in [0.3, 0.4) is 0 Å². The van der Waals surface area contributed by atoms with Gasteiger partial charge in [-0.15, -0.1) is 0 Å². The lowest BCUT2D eigenvalue weighted by molar-refractivity contribution is 1.18. The maximum atomic E-state index is 5.12. The van der Waals surface area contributed by atoms with Crippen LogP contribution in [0.25, 0.3) is 233 Å². The zero-order chi connectivity index (χ0) is 86.0. The molecule has 25 aromatic rings. The van der Waals surface area contributed by atoms with Crippen molar-refractivity contribution in [2.24, 2.45) is 0 Å². The molecule has 0 fully saturated rings. The SMILES string of the molecule is c1ccc(-c2cc(-c3ccccc3)cc(-n3c4ccccc4c4cc(-c5ccc6c(c5)c5ccccc5n6-c5ccc(-c6cc(-c7ccccc7)nc(-c7ccccc7)c6)cc5)ccc43)c2)cc1.c1ccc(-c2cccc(-n3c4ccccc4c4cc(-c5ccc6c(c5)c5ccccc5n6-c5ccc(-c6cc(-c7ccccc7)nc(-c7ccccc7)c6)cc5)ccc43)c2)cc1. The van der Waals surface area contributed by atoms with Gasteiger partial charge in [0, 0.05) is 88.1 Å². The fourth-order valence-corrected chi connectivity index (χ4v) is 19.5. The highest BCUT2D eigenvalue weighted by Crippen LogP contribution is 2.45. The second kappa shape index (κ2) is 32.7. The molecule has 0 unspecified atom stereocenters. The second-order valence-electron chi connectivity index (χ2n) is 33.6. The molecular formula is C124H82N6. The van der Waals surface area contributed by atoms with Crippen LogP contribution >= 0.6 is 0 Å². The van der Waals surface area contributed by atoms with Gasteiger partial charge in [0.15, 0.2) is 0 Å². The number of benzene rings is 19. The highest BCUT2D eigenvalue weighted by molar-refractivity contribution is 6.15. The summed E-state index contributed by atoms with van der Waals surface area (Å²) < 4.78 is 9.65. The summed E-state index contributed by atoms with van der Waals surface area (Å²) in [5, 5.41) is 9.87. The van der Waals surface area contributed by atoms with Crippen LogP contribution in [0.15, 0.2) is 497 Å². The van der Waals surface area contributed by atoms with Crippen LogP contribution in [0.1, 0.15) is 0 Å². The van der Waals surface area contributed by atoms with Gasteiger partial charge in [-0.2, -0.15) is 0 Å². The first kappa shape index (κ1) is 76.3. The predicted octanol–water partition coefficient (Wildman–Crippen LogP) is 32.9. The molecule has 0 aliphatic rings. The van der Waals surface area contributed by atoms with Crippen molar-refractivity contribution in [1.29, 1.82) is 0 Å². The third-order valence-electron chi connectivity index (χ3n) is 25.8. The normalized spacial score (nSPS) is 11.5. The van der Waals surface area contributed by atoms with E-state index in [0.717, 1.165) is 90.0 Å². The molecule has 0 spiro atoms. The Morgan fingerprint density at radius 1 is 0.108 bits per heavy atom. The lowest BCUT2D eigenvalue weighted by atomic mass is 9.98. The predicted molar refractivity (Wildman–Crippen MR) is 546 cm³/mol. The molecule has 6 heterocycles. The van der Waals surface area contributed by atoms with E-state index in [4.69, 9.17) is 9.97 Å². The first-order chi connectivity index (χ1) is 64.4. The minimum atomic E-state index is 0.959. The van der Waals surface area contributed by atoms with E-state index in [1.165, 1.54) is 143 Å². The Bertz CT molecular complexity index is 8420. The summed E-state index contributed by atoms with van der Waals surface area (Å²) in [6, 6.07) is 179. The molecule has 0 saturated carbocycles. The fourth-order valence-electron chi connectivity index (χ4n) is 19.5. The third kappa shape index (κ3) is 14.0. The summed E-state index contributed by atoms with van der Waals surface area (Å²) in [7, 11) is 0. The Labute approximate surface area is 753 Å². The van der Waals surface area contributed by atoms with Gasteiger partial charge in [0.1, 0.15) is 0 Å². The molecule has 0 aliphatic carbocycles. The summed E-state index contributed by atoms with van der Waals surface area (Å²) in [5.41, 5.74) is 38.8. The van der Waals surface area contributed by atoms with Gasteiger partial charge < -0.3 is 18.3 Å². The largest absolute Gasteiger partial charge is 0.309 e. The first-order valence-electron chi connectivity index (χ1n) is 44.5. The van der Waals surface area contributed by atoms with E-state index in [2.05, 4.69) is 491 Å². The second-order valence-corrected chi connectivity index (χ2v) is 33.6. The monoisotopic (exact) mass is 1650 g/mol. The molecule has 19 aromatic carbocycles. The van der Waals surface area contributed by atoms with Crippen LogP contribution in [0, 0.1) is 0 Å². The molecule has 0 bridgehead atoms. The van der Waals surface area contributed by atoms with Crippen molar-refractivity contribution in [3.63, 3.8) is 0 Å². The Morgan fingerprint density at radius 3 is 0.623 bits per heavy atom. The van der Waals surface area contributed by atoms with Crippen molar-refractivity contribution >= 4 is 87.2 Å². The van der Waals surface area contributed by atoms with E-state index in [1.807, 2.05) is 24.3 Å². The van der Waals surface area contributed by atoms with Gasteiger partial charge in [-0.25, -0.2) is 9.97 Å². The molecule has 6 aromatic heterocycles. The molecule has 0 aliphatic heterocycles. The Balaban J connectivity index is 0.000000145. The number of hydrogen-bond acceptors (Lipinski definition) is 2. The van der Waals surface area contributed by atoms with E-state index in [-0.39, 0.29) is 0 Å². The van der Waals surface area contributed by atoms with E-state index in [9.17, 15) is 0 Å². The molecule has 0 N–H and O–H groups in total. The maximum absolute atomic E-state index is 5.12. The molecule has 0 radical (unpaired) electrons. The Hall–Kier alpha value is -17.3. The standard InChI is InChI=1S/C65H43N3.C59H39N3/c1-5-17-44(18-6-1)51-37-52(45-19-7-2-8-20-45)39-55(38-51)68-63-28-16-14-26-57(63)59-41-50(32-36-65(59)68)49-31-35-64-58(40-49)56-25-13-15-27-62(56)67(64)54-33-29-46(30-34-54)53-42-60(47-21-9-3-10-22-47)66-61(43-53)48-23-11-4-12-24-48;1-4-15-40(16-5-1)44-21-14-22-49(35-44)62-57-26-13-11-24-51(57)53-37-46(30-34-59(53)62)45-29-33-58-52(36-45)50-23-10-12-25-56(50)61(58)48-31-27-41(28-32-48)47-38-54(42-17-6-2-7-18-42)60-55(39-47)43-19-8-3-9-20-43/h1-43H;1-39H. The van der Waals surface area contributed by atoms with E-state index in [1.54, 1.807) is 0 Å². The fraction of sp³-hybridized carbons (Fsp3) is 0. The lowest BCUT2D eigenvalue weighted by Crippen LogP contribution is -1.96. The van der Waals surface area contributed by atoms with Crippen molar-refractivity contribution in [1.82, 2.24) is 28.2 Å².